The van der Waals surface area contributed by atoms with Crippen LogP contribution in [0.5, 0.6) is 11.5 Å². The number of epoxide rings is 2. The van der Waals surface area contributed by atoms with E-state index in [1.54, 1.807) is 4.72 Å². The summed E-state index contributed by atoms with van der Waals surface area (Å²) in [6.45, 7) is 2.68. The van der Waals surface area contributed by atoms with Crippen molar-refractivity contribution in [3.8, 4) is 11.5 Å². The summed E-state index contributed by atoms with van der Waals surface area (Å²) < 4.78 is 59.5. The SMILES string of the molecule is O=C(NCCCCc1cc(OCC2CO2)cc(OCC2CO2)c1)NSC(F)(F)F. The van der Waals surface area contributed by atoms with Crippen LogP contribution in [0.15, 0.2) is 18.2 Å². The number of hydrogen-bond acceptors (Lipinski definition) is 6. The van der Waals surface area contributed by atoms with Crippen molar-refractivity contribution in [2.75, 3.05) is 33.0 Å². The number of aryl methyl sites for hydroxylation is 1. The molecule has 29 heavy (non-hydrogen) atoms. The Morgan fingerprint density at radius 2 is 1.66 bits per heavy atom. The highest BCUT2D eigenvalue weighted by Crippen LogP contribution is 2.27. The van der Waals surface area contributed by atoms with Crippen molar-refractivity contribution >= 4 is 18.0 Å². The van der Waals surface area contributed by atoms with Crippen molar-refractivity contribution in [3.63, 3.8) is 0 Å². The van der Waals surface area contributed by atoms with Gasteiger partial charge < -0.3 is 24.3 Å². The molecule has 7 nitrogen and oxygen atoms in total. The van der Waals surface area contributed by atoms with E-state index >= 15 is 0 Å². The maximum atomic E-state index is 12.0. The third kappa shape index (κ3) is 9.46. The number of hydrogen-bond donors (Lipinski definition) is 2. The molecule has 1 aromatic rings. The number of urea groups is 1. The lowest BCUT2D eigenvalue weighted by molar-refractivity contribution is -0.0333. The molecule has 0 radical (unpaired) electrons. The molecule has 0 aliphatic carbocycles. The van der Waals surface area contributed by atoms with E-state index in [2.05, 4.69) is 5.32 Å². The van der Waals surface area contributed by atoms with Crippen LogP contribution in [0.4, 0.5) is 18.0 Å². The molecule has 11 heteroatoms. The molecule has 2 fully saturated rings. The Bertz CT molecular complexity index is 650. The van der Waals surface area contributed by atoms with Gasteiger partial charge in [0.1, 0.15) is 36.9 Å². The van der Waals surface area contributed by atoms with Crippen LogP contribution < -0.4 is 19.5 Å². The first-order valence-electron chi connectivity index (χ1n) is 9.29. The van der Waals surface area contributed by atoms with Crippen LogP contribution in [0.3, 0.4) is 0 Å². The van der Waals surface area contributed by atoms with Crippen LogP contribution in [-0.2, 0) is 15.9 Å². The predicted molar refractivity (Wildman–Crippen MR) is 100 cm³/mol. The Hall–Kier alpha value is -1.85. The second-order valence-corrected chi connectivity index (χ2v) is 7.58. The lowest BCUT2D eigenvalue weighted by Crippen LogP contribution is -2.33. The summed E-state index contributed by atoms with van der Waals surface area (Å²) in [4.78, 5) is 11.3. The van der Waals surface area contributed by atoms with Gasteiger partial charge >= 0.3 is 11.5 Å². The highest BCUT2D eigenvalue weighted by Gasteiger charge is 2.29. The molecule has 162 valence electrons. The van der Waals surface area contributed by atoms with E-state index in [0.29, 0.717) is 50.8 Å². The average Bonchev–Trinajstić information content (AvgIpc) is 3.57. The molecule has 2 saturated heterocycles. The zero-order valence-corrected chi connectivity index (χ0v) is 16.4. The lowest BCUT2D eigenvalue weighted by Gasteiger charge is -2.12. The van der Waals surface area contributed by atoms with E-state index in [9.17, 15) is 18.0 Å². The minimum absolute atomic E-state index is 0.149. The molecule has 2 amide bonds. The quantitative estimate of drug-likeness (QED) is 0.298. The first-order chi connectivity index (χ1) is 13.9. The number of nitrogens with one attached hydrogen (secondary N) is 2. The van der Waals surface area contributed by atoms with Gasteiger partial charge in [-0.3, -0.25) is 4.72 Å². The number of alkyl halides is 3. The zero-order valence-electron chi connectivity index (χ0n) is 15.6. The lowest BCUT2D eigenvalue weighted by atomic mass is 10.1. The molecular formula is C18H23F3N2O5S. The van der Waals surface area contributed by atoms with Gasteiger partial charge in [0, 0.05) is 12.6 Å². The summed E-state index contributed by atoms with van der Waals surface area (Å²) >= 11 is -0.580. The third-order valence-electron chi connectivity index (χ3n) is 4.05. The summed E-state index contributed by atoms with van der Waals surface area (Å²) in [6.07, 6.45) is 2.38. The average molecular weight is 436 g/mol. The Kier molecular flexibility index (Phi) is 7.73. The molecule has 0 aromatic heterocycles. The third-order valence-corrected chi connectivity index (χ3v) is 4.57. The van der Waals surface area contributed by atoms with Crippen molar-refractivity contribution in [2.24, 2.45) is 0 Å². The minimum atomic E-state index is -4.50. The van der Waals surface area contributed by atoms with Crippen LogP contribution in [0.25, 0.3) is 0 Å². The molecule has 1 aromatic carbocycles. The first-order valence-corrected chi connectivity index (χ1v) is 10.1. The maximum absolute atomic E-state index is 12.0. The van der Waals surface area contributed by atoms with Gasteiger partial charge in [-0.2, -0.15) is 13.2 Å². The standard InChI is InChI=1S/C18H23F3N2O5S/c19-18(20,21)29-23-17(24)22-4-2-1-3-12-5-13(25-8-15-10-27-15)7-14(6-12)26-9-16-11-28-16/h5-7,15-16H,1-4,8-11H2,(H2,22,23,24). The summed E-state index contributed by atoms with van der Waals surface area (Å²) in [5, 5.41) is 2.40. The Balaban J connectivity index is 1.40. The molecule has 0 saturated carbocycles. The summed E-state index contributed by atoms with van der Waals surface area (Å²) in [7, 11) is 0. The fourth-order valence-corrected chi connectivity index (χ4v) is 2.73. The van der Waals surface area contributed by atoms with Gasteiger partial charge in [-0.25, -0.2) is 4.79 Å². The Morgan fingerprint density at radius 3 is 2.17 bits per heavy atom. The van der Waals surface area contributed by atoms with E-state index in [0.717, 1.165) is 12.0 Å². The fraction of sp³-hybridized carbons (Fsp3) is 0.611. The van der Waals surface area contributed by atoms with E-state index < -0.39 is 23.5 Å². The fourth-order valence-electron chi connectivity index (χ4n) is 2.44. The number of unbranched alkanes of at least 4 members (excludes halogenated alkanes) is 1. The second-order valence-electron chi connectivity index (χ2n) is 6.71. The van der Waals surface area contributed by atoms with Gasteiger partial charge in [0.05, 0.1) is 25.2 Å². The van der Waals surface area contributed by atoms with Gasteiger partial charge in [-0.1, -0.05) is 0 Å². The van der Waals surface area contributed by atoms with Crippen LogP contribution >= 0.6 is 11.9 Å². The molecular weight excluding hydrogens is 413 g/mol. The van der Waals surface area contributed by atoms with Gasteiger partial charge in [0.25, 0.3) is 0 Å². The van der Waals surface area contributed by atoms with E-state index in [1.165, 1.54) is 0 Å². The zero-order chi connectivity index (χ0) is 20.7. The predicted octanol–water partition coefficient (Wildman–Crippen LogP) is 3.03. The van der Waals surface area contributed by atoms with Gasteiger partial charge in [0.15, 0.2) is 0 Å². The number of carbonyl (C=O) groups is 1. The normalized spacial score (nSPS) is 20.1. The van der Waals surface area contributed by atoms with Gasteiger partial charge in [-0.05, 0) is 37.0 Å². The highest BCUT2D eigenvalue weighted by molar-refractivity contribution is 7.98. The number of ether oxygens (including phenoxy) is 4. The molecule has 0 bridgehead atoms. The molecule has 2 aliphatic rings. The van der Waals surface area contributed by atoms with E-state index in [-0.39, 0.29) is 18.8 Å². The largest absolute Gasteiger partial charge is 0.491 e. The molecule has 0 spiro atoms. The molecule has 2 N–H and O–H groups in total. The summed E-state index contributed by atoms with van der Waals surface area (Å²) in [5.41, 5.74) is -3.48. The van der Waals surface area contributed by atoms with Gasteiger partial charge in [0.2, 0.25) is 0 Å². The Labute approximate surface area is 170 Å². The number of halogens is 3. The van der Waals surface area contributed by atoms with Crippen molar-refractivity contribution in [1.82, 2.24) is 10.0 Å². The van der Waals surface area contributed by atoms with Crippen LogP contribution in [-0.4, -0.2) is 56.7 Å². The van der Waals surface area contributed by atoms with Gasteiger partial charge in [-0.15, -0.1) is 0 Å². The van der Waals surface area contributed by atoms with Crippen molar-refractivity contribution in [3.05, 3.63) is 23.8 Å². The summed E-state index contributed by atoms with van der Waals surface area (Å²) in [6, 6.07) is 4.84. The van der Waals surface area contributed by atoms with Crippen molar-refractivity contribution in [2.45, 2.75) is 37.0 Å². The smallest absolute Gasteiger partial charge is 0.461 e. The monoisotopic (exact) mass is 436 g/mol. The topological polar surface area (TPSA) is 84.7 Å². The van der Waals surface area contributed by atoms with Crippen molar-refractivity contribution in [1.29, 1.82) is 0 Å². The number of carbonyl (C=O) groups excluding carboxylic acids is 1. The second kappa shape index (κ2) is 10.3. The molecule has 2 heterocycles. The molecule has 3 rings (SSSR count). The van der Waals surface area contributed by atoms with Crippen LogP contribution in [0.1, 0.15) is 18.4 Å². The highest BCUT2D eigenvalue weighted by atomic mass is 32.2. The first kappa shape index (κ1) is 21.8. The maximum Gasteiger partial charge on any atom is 0.461 e. The van der Waals surface area contributed by atoms with E-state index in [1.807, 2.05) is 18.2 Å². The number of rotatable bonds is 12. The Morgan fingerprint density at radius 1 is 1.07 bits per heavy atom. The van der Waals surface area contributed by atoms with Crippen LogP contribution in [0, 0.1) is 0 Å². The van der Waals surface area contributed by atoms with E-state index in [4.69, 9.17) is 18.9 Å². The molecule has 2 unspecified atom stereocenters. The molecule has 2 aliphatic heterocycles. The minimum Gasteiger partial charge on any atom is -0.491 e. The number of benzene rings is 1. The number of amides is 2. The van der Waals surface area contributed by atoms with Crippen LogP contribution in [0.2, 0.25) is 0 Å². The van der Waals surface area contributed by atoms with Crippen molar-refractivity contribution < 1.29 is 36.9 Å². The molecule has 2 atom stereocenters. The summed E-state index contributed by atoms with van der Waals surface area (Å²) in [5.74, 6) is 1.40.